The number of carboxylic acids is 1. The first-order valence-electron chi connectivity index (χ1n) is 9.39. The van der Waals surface area contributed by atoms with E-state index in [4.69, 9.17) is 9.84 Å². The standard InChI is InChI=1S/C24H21NO4/c1-15-9-16(2)11-17(10-15)12-25-19-6-3-5-18(13-26)23(19)24-20(25)7-4-8-21(24)29-14-22(27)28/h3-11,13H,12,14H2,1-2H3,(H,27,28). The molecule has 0 aliphatic heterocycles. The molecule has 1 heterocycles. The minimum Gasteiger partial charge on any atom is -0.481 e. The largest absolute Gasteiger partial charge is 0.481 e. The van der Waals surface area contributed by atoms with Crippen LogP contribution in [-0.4, -0.2) is 28.5 Å². The number of carbonyl (C=O) groups is 2. The van der Waals surface area contributed by atoms with Crippen molar-refractivity contribution >= 4 is 34.1 Å². The van der Waals surface area contributed by atoms with Crippen molar-refractivity contribution in [3.63, 3.8) is 0 Å². The molecule has 0 unspecified atom stereocenters. The first-order chi connectivity index (χ1) is 14.0. The number of carboxylic acid groups (broad SMARTS) is 1. The van der Waals surface area contributed by atoms with E-state index in [-0.39, 0.29) is 0 Å². The third kappa shape index (κ3) is 3.47. The number of aromatic nitrogens is 1. The summed E-state index contributed by atoms with van der Waals surface area (Å²) in [5.41, 5.74) is 5.92. The molecule has 0 saturated heterocycles. The number of aldehydes is 1. The maximum Gasteiger partial charge on any atom is 0.341 e. The van der Waals surface area contributed by atoms with Crippen molar-refractivity contribution in [1.29, 1.82) is 0 Å². The molecule has 0 aliphatic carbocycles. The second-order valence-corrected chi connectivity index (χ2v) is 7.27. The van der Waals surface area contributed by atoms with Crippen molar-refractivity contribution in [3.05, 3.63) is 76.9 Å². The molecule has 0 radical (unpaired) electrons. The van der Waals surface area contributed by atoms with E-state index in [9.17, 15) is 9.59 Å². The number of rotatable bonds is 6. The van der Waals surface area contributed by atoms with Gasteiger partial charge in [0.2, 0.25) is 0 Å². The summed E-state index contributed by atoms with van der Waals surface area (Å²) in [5, 5.41) is 10.6. The summed E-state index contributed by atoms with van der Waals surface area (Å²) in [6.07, 6.45) is 0.830. The fourth-order valence-electron chi connectivity index (χ4n) is 4.05. The van der Waals surface area contributed by atoms with Gasteiger partial charge in [0.1, 0.15) is 5.75 Å². The molecule has 29 heavy (non-hydrogen) atoms. The average Bonchev–Trinajstić information content (AvgIpc) is 3.00. The highest BCUT2D eigenvalue weighted by atomic mass is 16.5. The van der Waals surface area contributed by atoms with Crippen molar-refractivity contribution in [2.24, 2.45) is 0 Å². The molecule has 0 atom stereocenters. The topological polar surface area (TPSA) is 68.5 Å². The number of aliphatic carboxylic acids is 1. The van der Waals surface area contributed by atoms with Crippen molar-refractivity contribution in [1.82, 2.24) is 4.57 Å². The second kappa shape index (κ2) is 7.43. The third-order valence-corrected chi connectivity index (χ3v) is 5.01. The van der Waals surface area contributed by atoms with Crippen LogP contribution in [0.2, 0.25) is 0 Å². The molecule has 0 bridgehead atoms. The Kier molecular flexibility index (Phi) is 4.80. The van der Waals surface area contributed by atoms with Crippen LogP contribution in [-0.2, 0) is 11.3 Å². The minimum atomic E-state index is -1.04. The highest BCUT2D eigenvalue weighted by molar-refractivity contribution is 6.17. The lowest BCUT2D eigenvalue weighted by molar-refractivity contribution is -0.139. The van der Waals surface area contributed by atoms with E-state index in [1.165, 1.54) is 11.1 Å². The first-order valence-corrected chi connectivity index (χ1v) is 9.39. The third-order valence-electron chi connectivity index (χ3n) is 5.01. The average molecular weight is 387 g/mol. The second-order valence-electron chi connectivity index (χ2n) is 7.27. The van der Waals surface area contributed by atoms with E-state index in [0.717, 1.165) is 33.7 Å². The Morgan fingerprint density at radius 1 is 1.00 bits per heavy atom. The molecule has 4 aromatic rings. The SMILES string of the molecule is Cc1cc(C)cc(Cn2c3cccc(C=O)c3c3c(OCC(=O)O)cccc32)c1. The van der Waals surface area contributed by atoms with Crippen LogP contribution in [0.1, 0.15) is 27.0 Å². The quantitative estimate of drug-likeness (QED) is 0.486. The van der Waals surface area contributed by atoms with Crippen LogP contribution in [0.4, 0.5) is 0 Å². The predicted molar refractivity (Wildman–Crippen MR) is 113 cm³/mol. The Bertz CT molecular complexity index is 1230. The van der Waals surface area contributed by atoms with Crippen molar-refractivity contribution in [3.8, 4) is 5.75 Å². The number of hydrogen-bond acceptors (Lipinski definition) is 3. The molecule has 0 saturated carbocycles. The van der Waals surface area contributed by atoms with Gasteiger partial charge >= 0.3 is 5.97 Å². The van der Waals surface area contributed by atoms with Crippen LogP contribution in [0, 0.1) is 13.8 Å². The summed E-state index contributed by atoms with van der Waals surface area (Å²) in [6.45, 7) is 4.34. The number of hydrogen-bond donors (Lipinski definition) is 1. The summed E-state index contributed by atoms with van der Waals surface area (Å²) in [4.78, 5) is 22.8. The number of carbonyl (C=O) groups excluding carboxylic acids is 1. The van der Waals surface area contributed by atoms with Crippen LogP contribution >= 0.6 is 0 Å². The summed E-state index contributed by atoms with van der Waals surface area (Å²) < 4.78 is 7.71. The van der Waals surface area contributed by atoms with E-state index >= 15 is 0 Å². The van der Waals surface area contributed by atoms with E-state index in [0.29, 0.717) is 17.9 Å². The molecule has 3 aromatic carbocycles. The van der Waals surface area contributed by atoms with Gasteiger partial charge in [0.25, 0.3) is 0 Å². The van der Waals surface area contributed by atoms with Gasteiger partial charge in [-0.25, -0.2) is 4.79 Å². The lowest BCUT2D eigenvalue weighted by Crippen LogP contribution is -2.09. The summed E-state index contributed by atoms with van der Waals surface area (Å²) in [5.74, 6) is -0.583. The Balaban J connectivity index is 1.99. The fourth-order valence-corrected chi connectivity index (χ4v) is 4.05. The zero-order valence-electron chi connectivity index (χ0n) is 16.3. The summed E-state index contributed by atoms with van der Waals surface area (Å²) in [6, 6.07) is 17.6. The van der Waals surface area contributed by atoms with Crippen molar-refractivity contribution in [2.75, 3.05) is 6.61 Å². The number of ether oxygens (including phenoxy) is 1. The van der Waals surface area contributed by atoms with Crippen LogP contribution in [0.3, 0.4) is 0 Å². The number of benzene rings is 3. The minimum absolute atomic E-state index is 0.438. The monoisotopic (exact) mass is 387 g/mol. The maximum absolute atomic E-state index is 11.8. The van der Waals surface area contributed by atoms with Crippen LogP contribution in [0.15, 0.2) is 54.6 Å². The highest BCUT2D eigenvalue weighted by Crippen LogP contribution is 2.37. The van der Waals surface area contributed by atoms with Gasteiger partial charge in [-0.2, -0.15) is 0 Å². The van der Waals surface area contributed by atoms with Gasteiger partial charge < -0.3 is 14.4 Å². The molecule has 0 fully saturated rings. The van der Waals surface area contributed by atoms with Gasteiger partial charge in [-0.3, -0.25) is 4.79 Å². The molecular weight excluding hydrogens is 366 g/mol. The van der Waals surface area contributed by atoms with Gasteiger partial charge in [-0.1, -0.05) is 47.5 Å². The number of nitrogens with zero attached hydrogens (tertiary/aromatic N) is 1. The summed E-state index contributed by atoms with van der Waals surface area (Å²) in [7, 11) is 0. The van der Waals surface area contributed by atoms with E-state index in [1.54, 1.807) is 12.1 Å². The van der Waals surface area contributed by atoms with Gasteiger partial charge in [0.05, 0.1) is 16.4 Å². The van der Waals surface area contributed by atoms with Crippen molar-refractivity contribution in [2.45, 2.75) is 20.4 Å². The van der Waals surface area contributed by atoms with Gasteiger partial charge in [-0.15, -0.1) is 0 Å². The van der Waals surface area contributed by atoms with E-state index in [1.807, 2.05) is 24.3 Å². The molecule has 4 rings (SSSR count). The van der Waals surface area contributed by atoms with Crippen LogP contribution in [0.5, 0.6) is 5.75 Å². The fraction of sp³-hybridized carbons (Fsp3) is 0.167. The zero-order chi connectivity index (χ0) is 20.5. The lowest BCUT2D eigenvalue weighted by Gasteiger charge is -2.10. The molecule has 5 heteroatoms. The highest BCUT2D eigenvalue weighted by Gasteiger charge is 2.18. The smallest absolute Gasteiger partial charge is 0.341 e. The molecule has 0 aliphatic rings. The molecule has 146 valence electrons. The predicted octanol–water partition coefficient (Wildman–Crippen LogP) is 4.74. The number of fused-ring (bicyclic) bond motifs is 3. The molecule has 1 N–H and O–H groups in total. The molecule has 5 nitrogen and oxygen atoms in total. The van der Waals surface area contributed by atoms with E-state index in [2.05, 4.69) is 36.6 Å². The molecule has 1 aromatic heterocycles. The number of aryl methyl sites for hydroxylation is 2. The Hall–Kier alpha value is -3.60. The lowest BCUT2D eigenvalue weighted by atomic mass is 10.1. The first kappa shape index (κ1) is 18.7. The van der Waals surface area contributed by atoms with Gasteiger partial charge in [0, 0.05) is 17.5 Å². The normalized spacial score (nSPS) is 11.1. The van der Waals surface area contributed by atoms with Gasteiger partial charge in [-0.05, 0) is 37.6 Å². The Morgan fingerprint density at radius 3 is 2.31 bits per heavy atom. The van der Waals surface area contributed by atoms with Crippen molar-refractivity contribution < 1.29 is 19.4 Å². The molecule has 0 amide bonds. The Morgan fingerprint density at radius 2 is 1.66 bits per heavy atom. The Labute approximate surface area is 168 Å². The van der Waals surface area contributed by atoms with E-state index < -0.39 is 12.6 Å². The van der Waals surface area contributed by atoms with Crippen LogP contribution in [0.25, 0.3) is 21.8 Å². The summed E-state index contributed by atoms with van der Waals surface area (Å²) >= 11 is 0. The van der Waals surface area contributed by atoms with Gasteiger partial charge in [0.15, 0.2) is 12.9 Å². The molecule has 0 spiro atoms. The van der Waals surface area contributed by atoms with Crippen LogP contribution < -0.4 is 4.74 Å². The molecular formula is C24H21NO4. The maximum atomic E-state index is 11.8. The zero-order valence-corrected chi connectivity index (χ0v) is 16.3.